The first-order valence-electron chi connectivity index (χ1n) is 6.96. The van der Waals surface area contributed by atoms with E-state index in [-0.39, 0.29) is 6.04 Å². The fraction of sp³-hybridized carbons (Fsp3) is 0.467. The molecule has 0 spiro atoms. The Labute approximate surface area is 119 Å². The molecule has 0 amide bonds. The summed E-state index contributed by atoms with van der Waals surface area (Å²) < 4.78 is 10.8. The van der Waals surface area contributed by atoms with Crippen molar-refractivity contribution in [2.24, 2.45) is 5.73 Å². The van der Waals surface area contributed by atoms with Gasteiger partial charge < -0.3 is 15.0 Å². The average molecular weight is 275 g/mol. The maximum absolute atomic E-state index is 5.80. The summed E-state index contributed by atoms with van der Waals surface area (Å²) in [6, 6.07) is 8.05. The van der Waals surface area contributed by atoms with Crippen LogP contribution in [0.4, 0.5) is 0 Å². The van der Waals surface area contributed by atoms with Crippen LogP contribution in [0.5, 0.6) is 5.75 Å². The van der Waals surface area contributed by atoms with Crippen molar-refractivity contribution in [2.45, 2.75) is 45.8 Å². The minimum atomic E-state index is 0.137. The van der Waals surface area contributed by atoms with Crippen LogP contribution in [0.1, 0.15) is 37.5 Å². The molecule has 5 nitrogen and oxygen atoms in total. The number of aromatic nitrogens is 2. The second kappa shape index (κ2) is 7.05. The summed E-state index contributed by atoms with van der Waals surface area (Å²) in [6.07, 6.45) is 2.66. The molecule has 1 aromatic heterocycles. The summed E-state index contributed by atoms with van der Waals surface area (Å²) in [4.78, 5) is 4.26. The lowest BCUT2D eigenvalue weighted by molar-refractivity contribution is 0.242. The van der Waals surface area contributed by atoms with Gasteiger partial charge >= 0.3 is 0 Å². The molecule has 0 radical (unpaired) electrons. The van der Waals surface area contributed by atoms with Crippen LogP contribution in [0.2, 0.25) is 0 Å². The number of nitrogens with zero attached hydrogens (tertiary/aromatic N) is 2. The Hall–Kier alpha value is -1.88. The van der Waals surface area contributed by atoms with Crippen LogP contribution in [-0.2, 0) is 19.4 Å². The average Bonchev–Trinajstić information content (AvgIpc) is 2.84. The number of aryl methyl sites for hydroxylation is 1. The Morgan fingerprint density at radius 3 is 3.00 bits per heavy atom. The standard InChI is InChI=1S/C15H21N3O2/c1-3-5-14-17-15(20-18-14)10-19-13-7-4-6-12(9-13)8-11(2)16/h4,6-7,9,11H,3,5,8,10,16H2,1-2H3. The van der Waals surface area contributed by atoms with Crippen LogP contribution in [0.3, 0.4) is 0 Å². The topological polar surface area (TPSA) is 74.2 Å². The van der Waals surface area contributed by atoms with Crippen molar-refractivity contribution in [3.05, 3.63) is 41.5 Å². The molecule has 2 N–H and O–H groups in total. The SMILES string of the molecule is CCCc1noc(COc2cccc(CC(C)N)c2)n1. The van der Waals surface area contributed by atoms with Gasteiger partial charge in [-0.1, -0.05) is 24.2 Å². The zero-order valence-corrected chi connectivity index (χ0v) is 12.0. The molecule has 1 heterocycles. The second-order valence-corrected chi connectivity index (χ2v) is 4.97. The van der Waals surface area contributed by atoms with Gasteiger partial charge in [0.05, 0.1) is 0 Å². The van der Waals surface area contributed by atoms with Crippen LogP contribution in [0, 0.1) is 0 Å². The van der Waals surface area contributed by atoms with Crippen LogP contribution < -0.4 is 10.5 Å². The molecule has 0 aliphatic heterocycles. The Morgan fingerprint density at radius 1 is 1.40 bits per heavy atom. The van der Waals surface area contributed by atoms with Gasteiger partial charge in [-0.15, -0.1) is 0 Å². The van der Waals surface area contributed by atoms with E-state index in [0.29, 0.717) is 12.5 Å². The maximum atomic E-state index is 5.80. The smallest absolute Gasteiger partial charge is 0.264 e. The molecule has 1 unspecified atom stereocenters. The molecule has 5 heteroatoms. The van der Waals surface area contributed by atoms with Gasteiger partial charge in [0, 0.05) is 12.5 Å². The molecule has 108 valence electrons. The third-order valence-electron chi connectivity index (χ3n) is 2.80. The van der Waals surface area contributed by atoms with Gasteiger partial charge in [-0.05, 0) is 37.5 Å². The zero-order chi connectivity index (χ0) is 14.4. The van der Waals surface area contributed by atoms with E-state index >= 15 is 0 Å². The molecule has 0 aliphatic carbocycles. The number of benzene rings is 1. The Kier molecular flexibility index (Phi) is 5.12. The van der Waals surface area contributed by atoms with E-state index in [2.05, 4.69) is 17.1 Å². The molecule has 20 heavy (non-hydrogen) atoms. The third-order valence-corrected chi connectivity index (χ3v) is 2.80. The first-order chi connectivity index (χ1) is 9.67. The van der Waals surface area contributed by atoms with E-state index in [4.69, 9.17) is 15.0 Å². The number of hydrogen-bond acceptors (Lipinski definition) is 5. The summed E-state index contributed by atoms with van der Waals surface area (Å²) in [5.41, 5.74) is 6.96. The highest BCUT2D eigenvalue weighted by Crippen LogP contribution is 2.16. The highest BCUT2D eigenvalue weighted by atomic mass is 16.5. The van der Waals surface area contributed by atoms with Crippen molar-refractivity contribution in [3.8, 4) is 5.75 Å². The maximum Gasteiger partial charge on any atom is 0.264 e. The minimum absolute atomic E-state index is 0.137. The summed E-state index contributed by atoms with van der Waals surface area (Å²) in [7, 11) is 0. The third kappa shape index (κ3) is 4.35. The van der Waals surface area contributed by atoms with Crippen LogP contribution in [0.25, 0.3) is 0 Å². The van der Waals surface area contributed by atoms with Gasteiger partial charge in [0.15, 0.2) is 12.4 Å². The molecule has 2 rings (SSSR count). The molecule has 0 saturated heterocycles. The number of rotatable bonds is 7. The van der Waals surface area contributed by atoms with Crippen molar-refractivity contribution in [2.75, 3.05) is 0 Å². The highest BCUT2D eigenvalue weighted by molar-refractivity contribution is 5.29. The van der Waals surface area contributed by atoms with Gasteiger partial charge in [-0.3, -0.25) is 0 Å². The van der Waals surface area contributed by atoms with Crippen molar-refractivity contribution in [1.82, 2.24) is 10.1 Å². The summed E-state index contributed by atoms with van der Waals surface area (Å²) in [5, 5.41) is 3.89. The van der Waals surface area contributed by atoms with Crippen molar-refractivity contribution < 1.29 is 9.26 Å². The quantitative estimate of drug-likeness (QED) is 0.840. The monoisotopic (exact) mass is 275 g/mol. The summed E-state index contributed by atoms with van der Waals surface area (Å²) in [5.74, 6) is 2.03. The number of nitrogens with two attached hydrogens (primary N) is 1. The Bertz CT molecular complexity index is 537. The van der Waals surface area contributed by atoms with Crippen molar-refractivity contribution in [3.63, 3.8) is 0 Å². The van der Waals surface area contributed by atoms with E-state index in [1.54, 1.807) is 0 Å². The van der Waals surface area contributed by atoms with E-state index in [9.17, 15) is 0 Å². The van der Waals surface area contributed by atoms with Gasteiger partial charge in [0.25, 0.3) is 5.89 Å². The molecule has 1 aromatic carbocycles. The second-order valence-electron chi connectivity index (χ2n) is 4.97. The van der Waals surface area contributed by atoms with Crippen LogP contribution in [0.15, 0.2) is 28.8 Å². The predicted molar refractivity (Wildman–Crippen MR) is 76.4 cm³/mol. The highest BCUT2D eigenvalue weighted by Gasteiger charge is 2.07. The lowest BCUT2D eigenvalue weighted by Gasteiger charge is -2.08. The lowest BCUT2D eigenvalue weighted by atomic mass is 10.1. The first-order valence-corrected chi connectivity index (χ1v) is 6.96. The first kappa shape index (κ1) is 14.5. The van der Waals surface area contributed by atoms with Crippen molar-refractivity contribution >= 4 is 0 Å². The molecule has 0 aliphatic rings. The molecule has 0 fully saturated rings. The fourth-order valence-corrected chi connectivity index (χ4v) is 1.95. The summed E-state index contributed by atoms with van der Waals surface area (Å²) in [6.45, 7) is 4.36. The Balaban J connectivity index is 1.92. The molecule has 2 aromatic rings. The van der Waals surface area contributed by atoms with Gasteiger partial charge in [-0.2, -0.15) is 4.98 Å². The van der Waals surface area contributed by atoms with Gasteiger partial charge in [0.2, 0.25) is 0 Å². The molecule has 0 bridgehead atoms. The number of hydrogen-bond donors (Lipinski definition) is 1. The van der Waals surface area contributed by atoms with Crippen LogP contribution >= 0.6 is 0 Å². The minimum Gasteiger partial charge on any atom is -0.484 e. The fourth-order valence-electron chi connectivity index (χ4n) is 1.95. The van der Waals surface area contributed by atoms with E-state index in [0.717, 1.165) is 36.4 Å². The van der Waals surface area contributed by atoms with E-state index in [1.807, 2.05) is 31.2 Å². The van der Waals surface area contributed by atoms with Gasteiger partial charge in [0.1, 0.15) is 5.75 Å². The zero-order valence-electron chi connectivity index (χ0n) is 12.0. The molecular formula is C15H21N3O2. The normalized spacial score (nSPS) is 12.3. The lowest BCUT2D eigenvalue weighted by Crippen LogP contribution is -2.17. The molecular weight excluding hydrogens is 254 g/mol. The summed E-state index contributed by atoms with van der Waals surface area (Å²) >= 11 is 0. The van der Waals surface area contributed by atoms with Gasteiger partial charge in [-0.25, -0.2) is 0 Å². The predicted octanol–water partition coefficient (Wildman–Crippen LogP) is 2.49. The largest absolute Gasteiger partial charge is 0.484 e. The van der Waals surface area contributed by atoms with E-state index < -0.39 is 0 Å². The van der Waals surface area contributed by atoms with Crippen molar-refractivity contribution in [1.29, 1.82) is 0 Å². The molecule has 1 atom stereocenters. The molecule has 0 saturated carbocycles. The van der Waals surface area contributed by atoms with E-state index in [1.165, 1.54) is 0 Å². The number of ether oxygens (including phenoxy) is 1. The van der Waals surface area contributed by atoms with Crippen LogP contribution in [-0.4, -0.2) is 16.2 Å². The Morgan fingerprint density at radius 2 is 2.25 bits per heavy atom.